The van der Waals surface area contributed by atoms with E-state index in [0.29, 0.717) is 12.0 Å². The number of benzene rings is 1. The SMILES string of the molecule is C1=CC(c2cc3ccccc3[nH]2)NC(C2=CC3CCCCC3N2)=C1. The molecule has 3 N–H and O–H groups in total. The summed E-state index contributed by atoms with van der Waals surface area (Å²) in [7, 11) is 0. The molecule has 0 radical (unpaired) electrons. The molecule has 5 rings (SSSR count). The summed E-state index contributed by atoms with van der Waals surface area (Å²) in [4.78, 5) is 3.55. The van der Waals surface area contributed by atoms with Gasteiger partial charge in [0.25, 0.3) is 0 Å². The van der Waals surface area contributed by atoms with Gasteiger partial charge in [0.05, 0.1) is 17.4 Å². The molecule has 0 bridgehead atoms. The highest BCUT2D eigenvalue weighted by atomic mass is 15.0. The normalized spacial score (nSPS) is 28.8. The third-order valence-electron chi connectivity index (χ3n) is 5.59. The summed E-state index contributed by atoms with van der Waals surface area (Å²) in [6.45, 7) is 0. The summed E-state index contributed by atoms with van der Waals surface area (Å²) in [6.07, 6.45) is 14.4. The van der Waals surface area contributed by atoms with Crippen LogP contribution in [0.3, 0.4) is 0 Å². The minimum Gasteiger partial charge on any atom is -0.380 e. The Hall–Kier alpha value is -2.42. The van der Waals surface area contributed by atoms with Gasteiger partial charge in [0, 0.05) is 17.3 Å². The molecule has 3 atom stereocenters. The van der Waals surface area contributed by atoms with Crippen molar-refractivity contribution in [3.63, 3.8) is 0 Å². The Morgan fingerprint density at radius 1 is 0.958 bits per heavy atom. The topological polar surface area (TPSA) is 39.9 Å². The summed E-state index contributed by atoms with van der Waals surface area (Å²) in [5.74, 6) is 0.717. The highest BCUT2D eigenvalue weighted by molar-refractivity contribution is 5.80. The average Bonchev–Trinajstić information content (AvgIpc) is 3.26. The van der Waals surface area contributed by atoms with Crippen LogP contribution >= 0.6 is 0 Å². The predicted molar refractivity (Wildman–Crippen MR) is 98.4 cm³/mol. The first kappa shape index (κ1) is 14.0. The zero-order valence-corrected chi connectivity index (χ0v) is 13.8. The maximum absolute atomic E-state index is 3.75. The van der Waals surface area contributed by atoms with Gasteiger partial charge in [-0.05, 0) is 42.4 Å². The second kappa shape index (κ2) is 5.59. The van der Waals surface area contributed by atoms with E-state index >= 15 is 0 Å². The van der Waals surface area contributed by atoms with Crippen LogP contribution in [0.15, 0.2) is 66.0 Å². The van der Waals surface area contributed by atoms with E-state index in [0.717, 1.165) is 0 Å². The zero-order valence-electron chi connectivity index (χ0n) is 13.8. The van der Waals surface area contributed by atoms with Crippen LogP contribution in [0.2, 0.25) is 0 Å². The number of allylic oxidation sites excluding steroid dienone is 2. The summed E-state index contributed by atoms with van der Waals surface area (Å²) >= 11 is 0. The van der Waals surface area contributed by atoms with Crippen molar-refractivity contribution in [1.82, 2.24) is 15.6 Å². The van der Waals surface area contributed by atoms with Crippen molar-refractivity contribution in [3.8, 4) is 0 Å². The molecule has 122 valence electrons. The molecule has 0 spiro atoms. The predicted octanol–water partition coefficient (Wildman–Crippen LogP) is 4.30. The zero-order chi connectivity index (χ0) is 15.9. The van der Waals surface area contributed by atoms with Gasteiger partial charge in [0.15, 0.2) is 0 Å². The van der Waals surface area contributed by atoms with E-state index in [2.05, 4.69) is 70.3 Å². The molecular formula is C21H23N3. The van der Waals surface area contributed by atoms with E-state index in [9.17, 15) is 0 Å². The molecule has 1 aliphatic carbocycles. The fraction of sp³-hybridized carbons (Fsp3) is 0.333. The van der Waals surface area contributed by atoms with Crippen molar-refractivity contribution in [3.05, 3.63) is 71.7 Å². The highest BCUT2D eigenvalue weighted by Gasteiger charge is 2.31. The smallest absolute Gasteiger partial charge is 0.0851 e. The average molecular weight is 317 g/mol. The molecule has 2 aromatic rings. The first-order chi connectivity index (χ1) is 11.9. The lowest BCUT2D eigenvalue weighted by Gasteiger charge is -2.26. The monoisotopic (exact) mass is 317 g/mol. The van der Waals surface area contributed by atoms with Crippen LogP contribution in [0, 0.1) is 5.92 Å². The molecule has 3 aliphatic rings. The van der Waals surface area contributed by atoms with Crippen LogP contribution in [0.25, 0.3) is 10.9 Å². The van der Waals surface area contributed by atoms with E-state index in [1.165, 1.54) is 53.7 Å². The van der Waals surface area contributed by atoms with E-state index < -0.39 is 0 Å². The molecule has 0 amide bonds. The molecule has 1 saturated carbocycles. The Labute approximate surface area is 142 Å². The van der Waals surface area contributed by atoms with Gasteiger partial charge < -0.3 is 15.6 Å². The first-order valence-electron chi connectivity index (χ1n) is 9.08. The van der Waals surface area contributed by atoms with Crippen LogP contribution in [-0.2, 0) is 0 Å². The largest absolute Gasteiger partial charge is 0.380 e. The lowest BCUT2D eigenvalue weighted by Crippen LogP contribution is -2.33. The number of fused-ring (bicyclic) bond motifs is 2. The first-order valence-corrected chi connectivity index (χ1v) is 9.08. The third-order valence-corrected chi connectivity index (χ3v) is 5.59. The number of dihydropyridines is 1. The number of aromatic nitrogens is 1. The molecule has 1 aromatic carbocycles. The highest BCUT2D eigenvalue weighted by Crippen LogP contribution is 2.34. The number of nitrogens with one attached hydrogen (secondary N) is 3. The van der Waals surface area contributed by atoms with Crippen molar-refractivity contribution >= 4 is 10.9 Å². The summed E-state index contributed by atoms with van der Waals surface area (Å²) in [5, 5.41) is 8.71. The number of aromatic amines is 1. The second-order valence-corrected chi connectivity index (χ2v) is 7.18. The minimum atomic E-state index is 0.197. The van der Waals surface area contributed by atoms with Gasteiger partial charge >= 0.3 is 0 Å². The fourth-order valence-electron chi connectivity index (χ4n) is 4.31. The van der Waals surface area contributed by atoms with Crippen molar-refractivity contribution in [2.75, 3.05) is 0 Å². The lowest BCUT2D eigenvalue weighted by molar-refractivity contribution is 0.349. The number of hydrogen-bond acceptors (Lipinski definition) is 2. The summed E-state index contributed by atoms with van der Waals surface area (Å²) in [6, 6.07) is 11.5. The Morgan fingerprint density at radius 2 is 1.88 bits per heavy atom. The molecule has 3 heteroatoms. The molecule has 24 heavy (non-hydrogen) atoms. The molecule has 3 heterocycles. The lowest BCUT2D eigenvalue weighted by atomic mass is 9.86. The van der Waals surface area contributed by atoms with Gasteiger partial charge in [-0.25, -0.2) is 0 Å². The molecular weight excluding hydrogens is 294 g/mol. The van der Waals surface area contributed by atoms with Crippen LogP contribution < -0.4 is 10.6 Å². The van der Waals surface area contributed by atoms with E-state index in [-0.39, 0.29) is 6.04 Å². The van der Waals surface area contributed by atoms with Gasteiger partial charge in [-0.1, -0.05) is 49.3 Å². The molecule has 1 aromatic heterocycles. The summed E-state index contributed by atoms with van der Waals surface area (Å²) < 4.78 is 0. The third kappa shape index (κ3) is 2.35. The van der Waals surface area contributed by atoms with Crippen molar-refractivity contribution < 1.29 is 0 Å². The Balaban J connectivity index is 1.38. The summed E-state index contributed by atoms with van der Waals surface area (Å²) in [5.41, 5.74) is 4.92. The molecule has 2 aliphatic heterocycles. The number of hydrogen-bond donors (Lipinski definition) is 3. The van der Waals surface area contributed by atoms with E-state index in [4.69, 9.17) is 0 Å². The van der Waals surface area contributed by atoms with Gasteiger partial charge in [-0.15, -0.1) is 0 Å². The van der Waals surface area contributed by atoms with E-state index in [1.807, 2.05) is 0 Å². The quantitative estimate of drug-likeness (QED) is 0.773. The standard InChI is InChI=1S/C21H23N3/c1-3-8-16-14(6-1)12-20(22-16)18-10-5-11-19(24-18)21-13-15-7-2-4-9-17(15)23-21/h1,3,5-6,8,10-13,15,17-18,22-24H,2,4,7,9H2. The van der Waals surface area contributed by atoms with Crippen molar-refractivity contribution in [1.29, 1.82) is 0 Å². The molecule has 1 fully saturated rings. The number of para-hydroxylation sites is 1. The van der Waals surface area contributed by atoms with Crippen molar-refractivity contribution in [2.24, 2.45) is 5.92 Å². The fourth-order valence-corrected chi connectivity index (χ4v) is 4.31. The number of H-pyrrole nitrogens is 1. The Bertz CT molecular complexity index is 822. The Morgan fingerprint density at radius 3 is 2.79 bits per heavy atom. The maximum atomic E-state index is 3.75. The molecule has 3 unspecified atom stereocenters. The Kier molecular flexibility index (Phi) is 3.25. The van der Waals surface area contributed by atoms with Crippen LogP contribution in [-0.4, -0.2) is 11.0 Å². The maximum Gasteiger partial charge on any atom is 0.0851 e. The molecule has 0 saturated heterocycles. The van der Waals surface area contributed by atoms with Crippen LogP contribution in [0.5, 0.6) is 0 Å². The second-order valence-electron chi connectivity index (χ2n) is 7.18. The van der Waals surface area contributed by atoms with Crippen molar-refractivity contribution in [2.45, 2.75) is 37.8 Å². The molecule has 3 nitrogen and oxygen atoms in total. The van der Waals surface area contributed by atoms with Gasteiger partial charge in [0.1, 0.15) is 0 Å². The van der Waals surface area contributed by atoms with Gasteiger partial charge in [-0.3, -0.25) is 0 Å². The van der Waals surface area contributed by atoms with Crippen LogP contribution in [0.1, 0.15) is 37.4 Å². The van der Waals surface area contributed by atoms with Gasteiger partial charge in [-0.2, -0.15) is 0 Å². The van der Waals surface area contributed by atoms with Gasteiger partial charge in [0.2, 0.25) is 0 Å². The minimum absolute atomic E-state index is 0.197. The van der Waals surface area contributed by atoms with E-state index in [1.54, 1.807) is 0 Å². The van der Waals surface area contributed by atoms with Crippen LogP contribution in [0.4, 0.5) is 0 Å². The number of rotatable bonds is 2.